The van der Waals surface area contributed by atoms with E-state index in [9.17, 15) is 0 Å². The van der Waals surface area contributed by atoms with Crippen LogP contribution >= 0.6 is 0 Å². The van der Waals surface area contributed by atoms with Crippen molar-refractivity contribution in [1.29, 1.82) is 0 Å². The minimum absolute atomic E-state index is 0.139. The van der Waals surface area contributed by atoms with Gasteiger partial charge >= 0.3 is 0 Å². The molecule has 0 N–H and O–H groups in total. The van der Waals surface area contributed by atoms with Gasteiger partial charge in [-0.15, -0.1) is 0 Å². The van der Waals surface area contributed by atoms with Crippen LogP contribution in [0, 0.1) is 0 Å². The molecule has 0 bridgehead atoms. The van der Waals surface area contributed by atoms with Gasteiger partial charge in [0.05, 0.1) is 0 Å². The van der Waals surface area contributed by atoms with Crippen molar-refractivity contribution in [2.45, 2.75) is 13.8 Å². The Kier molecular flexibility index (Phi) is 5.48. The van der Waals surface area contributed by atoms with Crippen molar-refractivity contribution in [2.75, 3.05) is 0 Å². The van der Waals surface area contributed by atoms with E-state index in [-0.39, 0.29) is 6.71 Å². The molecular formula is C32H27B. The van der Waals surface area contributed by atoms with Gasteiger partial charge in [-0.1, -0.05) is 133 Å². The lowest BCUT2D eigenvalue weighted by Gasteiger charge is -2.18. The normalized spacial score (nSPS) is 15.0. The fourth-order valence-electron chi connectivity index (χ4n) is 5.25. The van der Waals surface area contributed by atoms with Crippen LogP contribution in [-0.4, -0.2) is 6.71 Å². The second-order valence-electron chi connectivity index (χ2n) is 8.64. The highest BCUT2D eigenvalue weighted by atomic mass is 14.2. The topological polar surface area (TPSA) is 0 Å². The summed E-state index contributed by atoms with van der Waals surface area (Å²) in [6.07, 6.45) is 4.10. The predicted octanol–water partition coefficient (Wildman–Crippen LogP) is 7.08. The molecule has 0 fully saturated rings. The highest BCUT2D eigenvalue weighted by Gasteiger charge is 2.36. The second-order valence-corrected chi connectivity index (χ2v) is 8.64. The fraction of sp³-hybridized carbons (Fsp3) is 0.0625. The van der Waals surface area contributed by atoms with Crippen molar-refractivity contribution in [3.8, 4) is 0 Å². The van der Waals surface area contributed by atoms with Crippen LogP contribution < -0.4 is 10.9 Å². The van der Waals surface area contributed by atoms with Crippen LogP contribution in [0.2, 0.25) is 0 Å². The molecule has 5 rings (SSSR count). The summed E-state index contributed by atoms with van der Waals surface area (Å²) >= 11 is 0. The molecule has 0 nitrogen and oxygen atoms in total. The zero-order valence-corrected chi connectivity index (χ0v) is 19.3. The van der Waals surface area contributed by atoms with E-state index < -0.39 is 0 Å². The minimum atomic E-state index is 0.139. The SMILES string of the molecule is C=C/C(=C\C)c1cc(B2/C(=C(/C)c3ccccc3)C(=C)c3ccccc32)cc2ccccc12. The Morgan fingerprint density at radius 3 is 2.30 bits per heavy atom. The van der Waals surface area contributed by atoms with Gasteiger partial charge < -0.3 is 0 Å². The molecule has 1 aliphatic heterocycles. The third kappa shape index (κ3) is 3.51. The molecule has 158 valence electrons. The quantitative estimate of drug-likeness (QED) is 0.244. The molecule has 0 amide bonds. The van der Waals surface area contributed by atoms with Crippen molar-refractivity contribution >= 4 is 45.1 Å². The van der Waals surface area contributed by atoms with Gasteiger partial charge in [-0.3, -0.25) is 0 Å². The van der Waals surface area contributed by atoms with Crippen molar-refractivity contribution in [1.82, 2.24) is 0 Å². The zero-order valence-electron chi connectivity index (χ0n) is 19.3. The highest BCUT2D eigenvalue weighted by molar-refractivity contribution is 6.96. The molecule has 0 aromatic heterocycles. The molecule has 0 spiro atoms. The number of benzene rings is 4. The first-order valence-electron chi connectivity index (χ1n) is 11.5. The number of hydrogen-bond acceptors (Lipinski definition) is 0. The van der Waals surface area contributed by atoms with Crippen molar-refractivity contribution in [3.63, 3.8) is 0 Å². The third-order valence-corrected chi connectivity index (χ3v) is 6.88. The van der Waals surface area contributed by atoms with E-state index in [0.717, 1.165) is 11.1 Å². The molecule has 0 aliphatic carbocycles. The molecule has 1 aliphatic rings. The maximum Gasteiger partial charge on any atom is 0.243 e. The Hall–Kier alpha value is -3.84. The van der Waals surface area contributed by atoms with Gasteiger partial charge in [0.2, 0.25) is 6.71 Å². The summed E-state index contributed by atoms with van der Waals surface area (Å²) in [5, 5.41) is 2.50. The number of rotatable bonds is 4. The maximum atomic E-state index is 4.57. The molecule has 0 radical (unpaired) electrons. The van der Waals surface area contributed by atoms with Crippen LogP contribution in [0.25, 0.3) is 27.5 Å². The van der Waals surface area contributed by atoms with Crippen molar-refractivity contribution < 1.29 is 0 Å². The van der Waals surface area contributed by atoms with E-state index in [1.165, 1.54) is 49.4 Å². The average Bonchev–Trinajstić information content (AvgIpc) is 3.17. The lowest BCUT2D eigenvalue weighted by molar-refractivity contribution is 1.56. The van der Waals surface area contributed by atoms with Gasteiger partial charge in [0.25, 0.3) is 0 Å². The van der Waals surface area contributed by atoms with Gasteiger partial charge in [0.1, 0.15) is 0 Å². The molecule has 0 atom stereocenters. The Balaban J connectivity index is 1.83. The summed E-state index contributed by atoms with van der Waals surface area (Å²) in [7, 11) is 0. The summed E-state index contributed by atoms with van der Waals surface area (Å²) in [6.45, 7) is 13.1. The number of allylic oxidation sites excluding steroid dienone is 6. The number of fused-ring (bicyclic) bond motifs is 2. The molecule has 0 unspecified atom stereocenters. The number of hydrogen-bond donors (Lipinski definition) is 0. The van der Waals surface area contributed by atoms with Gasteiger partial charge in [0.15, 0.2) is 0 Å². The maximum absolute atomic E-state index is 4.57. The summed E-state index contributed by atoms with van der Waals surface area (Å²) in [5.41, 5.74) is 11.2. The largest absolute Gasteiger partial charge is 0.243 e. The molecule has 4 aromatic rings. The van der Waals surface area contributed by atoms with Gasteiger partial charge in [-0.25, -0.2) is 0 Å². The highest BCUT2D eigenvalue weighted by Crippen LogP contribution is 2.36. The summed E-state index contributed by atoms with van der Waals surface area (Å²) in [5.74, 6) is 0. The molecule has 33 heavy (non-hydrogen) atoms. The second kappa shape index (κ2) is 8.60. The summed E-state index contributed by atoms with van der Waals surface area (Å²) in [6, 6.07) is 32.7. The summed E-state index contributed by atoms with van der Waals surface area (Å²) < 4.78 is 0. The fourth-order valence-corrected chi connectivity index (χ4v) is 5.25. The Labute approximate surface area is 197 Å². The van der Waals surface area contributed by atoms with E-state index in [0.29, 0.717) is 0 Å². The first kappa shape index (κ1) is 21.0. The third-order valence-electron chi connectivity index (χ3n) is 6.88. The van der Waals surface area contributed by atoms with E-state index >= 15 is 0 Å². The first-order valence-corrected chi connectivity index (χ1v) is 11.5. The van der Waals surface area contributed by atoms with Gasteiger partial charge in [-0.05, 0) is 58.0 Å². The van der Waals surface area contributed by atoms with Gasteiger partial charge in [0, 0.05) is 0 Å². The molecule has 1 heteroatoms. The van der Waals surface area contributed by atoms with E-state index in [4.69, 9.17) is 0 Å². The summed E-state index contributed by atoms with van der Waals surface area (Å²) in [4.78, 5) is 0. The van der Waals surface area contributed by atoms with Crippen LogP contribution in [0.3, 0.4) is 0 Å². The van der Waals surface area contributed by atoms with Crippen LogP contribution in [-0.2, 0) is 0 Å². The van der Waals surface area contributed by atoms with Gasteiger partial charge in [-0.2, -0.15) is 0 Å². The van der Waals surface area contributed by atoms with E-state index in [1.807, 2.05) is 6.08 Å². The first-order chi connectivity index (χ1) is 16.1. The Morgan fingerprint density at radius 2 is 1.55 bits per heavy atom. The standard InChI is InChI=1S/C32H27B/c1-5-24(6-2)30-21-27(20-26-16-10-11-18-29(26)30)33-31-19-13-12-17-28(31)23(4)32(33)22(3)25-14-8-7-9-15-25/h5-21H,1,4H2,2-3H3/b24-6+,32-22-. The molecular weight excluding hydrogens is 395 g/mol. The van der Waals surface area contributed by atoms with Crippen molar-refractivity contribution in [2.24, 2.45) is 0 Å². The van der Waals surface area contributed by atoms with Crippen LogP contribution in [0.4, 0.5) is 0 Å². The van der Waals surface area contributed by atoms with E-state index in [1.54, 1.807) is 0 Å². The van der Waals surface area contributed by atoms with Crippen molar-refractivity contribution in [3.05, 3.63) is 138 Å². The smallest absolute Gasteiger partial charge is 0.0985 e. The Bertz CT molecular complexity index is 1450. The lowest BCUT2D eigenvalue weighted by Crippen LogP contribution is -2.41. The van der Waals surface area contributed by atoms with Crippen LogP contribution in [0.15, 0.2) is 122 Å². The van der Waals surface area contributed by atoms with E-state index in [2.05, 4.69) is 124 Å². The Morgan fingerprint density at radius 1 is 0.848 bits per heavy atom. The lowest BCUT2D eigenvalue weighted by atomic mass is 9.37. The molecule has 4 aromatic carbocycles. The zero-order chi connectivity index (χ0) is 22.9. The predicted molar refractivity (Wildman–Crippen MR) is 147 cm³/mol. The average molecular weight is 422 g/mol. The molecule has 0 saturated heterocycles. The van der Waals surface area contributed by atoms with Crippen LogP contribution in [0.5, 0.6) is 0 Å². The molecule has 0 saturated carbocycles. The molecule has 1 heterocycles. The van der Waals surface area contributed by atoms with Crippen LogP contribution in [0.1, 0.15) is 30.5 Å². The minimum Gasteiger partial charge on any atom is -0.0985 e. The monoisotopic (exact) mass is 422 g/mol.